The van der Waals surface area contributed by atoms with Crippen LogP contribution in [-0.2, 0) is 0 Å². The van der Waals surface area contributed by atoms with Gasteiger partial charge >= 0.3 is 5.76 Å². The Kier molecular flexibility index (Phi) is 4.32. The molecule has 1 aliphatic carbocycles. The molecule has 3 aromatic rings. The topological polar surface area (TPSA) is 110 Å². The summed E-state index contributed by atoms with van der Waals surface area (Å²) in [5.41, 5.74) is 8.16. The van der Waals surface area contributed by atoms with Crippen molar-refractivity contribution >= 4 is 16.6 Å². The quantitative estimate of drug-likeness (QED) is 0.679. The molecule has 3 heterocycles. The molecule has 0 amide bonds. The molecule has 2 fully saturated rings. The second-order valence-electron chi connectivity index (χ2n) is 8.52. The minimum absolute atomic E-state index is 0.0408. The smallest absolute Gasteiger partial charge is 0.369 e. The highest BCUT2D eigenvalue weighted by atomic mass is 19.1. The number of halogens is 1. The molecule has 9 heteroatoms. The van der Waals surface area contributed by atoms with Gasteiger partial charge in [-0.1, -0.05) is 5.16 Å². The van der Waals surface area contributed by atoms with E-state index in [2.05, 4.69) is 14.7 Å². The van der Waals surface area contributed by atoms with E-state index < -0.39 is 5.76 Å². The molecule has 30 heavy (non-hydrogen) atoms. The van der Waals surface area contributed by atoms with Crippen LogP contribution in [0.3, 0.4) is 0 Å². The Hall–Kier alpha value is -2.94. The third-order valence-electron chi connectivity index (χ3n) is 6.39. The van der Waals surface area contributed by atoms with Gasteiger partial charge in [0.25, 0.3) is 5.56 Å². The molecule has 0 bridgehead atoms. The number of nitrogens with one attached hydrogen (secondary N) is 1. The first kappa shape index (κ1) is 19.0. The highest BCUT2D eigenvalue weighted by molar-refractivity contribution is 5.97. The Balaban J connectivity index is 1.77. The minimum Gasteiger partial charge on any atom is -0.369 e. The van der Waals surface area contributed by atoms with Crippen LogP contribution in [0.25, 0.3) is 22.3 Å². The Morgan fingerprint density at radius 1 is 1.30 bits per heavy atom. The molecule has 2 atom stereocenters. The van der Waals surface area contributed by atoms with Crippen molar-refractivity contribution in [3.63, 3.8) is 0 Å². The number of aryl methyl sites for hydroxylation is 1. The van der Waals surface area contributed by atoms with Gasteiger partial charge in [0.2, 0.25) is 0 Å². The van der Waals surface area contributed by atoms with E-state index in [1.807, 2.05) is 18.7 Å². The lowest BCUT2D eigenvalue weighted by molar-refractivity contribution is 0.388. The zero-order chi connectivity index (χ0) is 21.2. The lowest BCUT2D eigenvalue weighted by atomic mass is 10.0. The maximum atomic E-state index is 15.4. The van der Waals surface area contributed by atoms with Crippen LogP contribution in [-0.4, -0.2) is 33.8 Å². The fourth-order valence-electron chi connectivity index (χ4n) is 4.70. The number of benzene rings is 1. The molecule has 2 aliphatic rings. The number of H-pyrrole nitrogens is 1. The number of aromatic amines is 1. The lowest BCUT2D eigenvalue weighted by Gasteiger charge is -2.25. The van der Waals surface area contributed by atoms with Crippen molar-refractivity contribution in [2.75, 3.05) is 18.0 Å². The Bertz CT molecular complexity index is 1250. The lowest BCUT2D eigenvalue weighted by Crippen LogP contribution is -2.30. The van der Waals surface area contributed by atoms with Crippen molar-refractivity contribution < 1.29 is 8.91 Å². The first-order valence-corrected chi connectivity index (χ1v) is 10.3. The molecule has 3 N–H and O–H groups in total. The van der Waals surface area contributed by atoms with E-state index >= 15 is 4.39 Å². The number of rotatable bonds is 4. The standard InChI is InChI=1S/C21H24FN5O3/c1-10-18-14(7-16(22)19(10)26-6-5-12(9-26)11(2)23)15(20-24-21(29)30-25-20)8-17(28)27(18)13-3-4-13/h7-8,11-13H,3-6,9,23H2,1-2H3,(H,24,25,29)/t11-,12?/m0/s1. The fraction of sp³-hybridized carbons (Fsp3) is 0.476. The van der Waals surface area contributed by atoms with Gasteiger partial charge in [0.05, 0.1) is 11.2 Å². The van der Waals surface area contributed by atoms with Gasteiger partial charge < -0.3 is 15.2 Å². The van der Waals surface area contributed by atoms with Crippen LogP contribution in [0.4, 0.5) is 10.1 Å². The van der Waals surface area contributed by atoms with Gasteiger partial charge in [-0.05, 0) is 50.7 Å². The molecule has 2 aromatic heterocycles. The zero-order valence-corrected chi connectivity index (χ0v) is 16.9. The predicted octanol–water partition coefficient (Wildman–Crippen LogP) is 2.30. The molecule has 1 aromatic carbocycles. The molecular formula is C21H24FN5O3. The number of hydrogen-bond acceptors (Lipinski definition) is 6. The molecule has 1 saturated heterocycles. The number of anilines is 1. The van der Waals surface area contributed by atoms with Crippen LogP contribution in [0.15, 0.2) is 26.2 Å². The Labute approximate surface area is 171 Å². The fourth-order valence-corrected chi connectivity index (χ4v) is 4.70. The van der Waals surface area contributed by atoms with E-state index in [0.717, 1.165) is 25.8 Å². The van der Waals surface area contributed by atoms with Crippen molar-refractivity contribution in [3.8, 4) is 11.4 Å². The number of nitrogens with two attached hydrogens (primary N) is 1. The second kappa shape index (κ2) is 6.80. The van der Waals surface area contributed by atoms with Crippen LogP contribution < -0.4 is 21.9 Å². The summed E-state index contributed by atoms with van der Waals surface area (Å²) < 4.78 is 21.8. The van der Waals surface area contributed by atoms with Gasteiger partial charge in [-0.25, -0.2) is 9.18 Å². The van der Waals surface area contributed by atoms with Crippen LogP contribution in [0.1, 0.15) is 37.8 Å². The first-order valence-electron chi connectivity index (χ1n) is 10.3. The minimum atomic E-state index is -0.725. The van der Waals surface area contributed by atoms with E-state index in [1.54, 1.807) is 4.57 Å². The van der Waals surface area contributed by atoms with Crippen LogP contribution >= 0.6 is 0 Å². The molecule has 0 spiro atoms. The molecule has 8 nitrogen and oxygen atoms in total. The van der Waals surface area contributed by atoms with Crippen LogP contribution in [0.2, 0.25) is 0 Å². The second-order valence-corrected chi connectivity index (χ2v) is 8.52. The molecule has 1 aliphatic heterocycles. The van der Waals surface area contributed by atoms with Crippen molar-refractivity contribution in [1.82, 2.24) is 14.7 Å². The Morgan fingerprint density at radius 3 is 2.67 bits per heavy atom. The number of fused-ring (bicyclic) bond motifs is 1. The van der Waals surface area contributed by atoms with E-state index in [9.17, 15) is 9.59 Å². The molecule has 1 saturated carbocycles. The maximum absolute atomic E-state index is 15.4. The van der Waals surface area contributed by atoms with Crippen molar-refractivity contribution in [2.45, 2.75) is 45.2 Å². The highest BCUT2D eigenvalue weighted by Crippen LogP contribution is 2.42. The van der Waals surface area contributed by atoms with Gasteiger partial charge in [-0.3, -0.25) is 14.3 Å². The van der Waals surface area contributed by atoms with E-state index in [4.69, 9.17) is 5.73 Å². The van der Waals surface area contributed by atoms with Gasteiger partial charge in [-0.2, -0.15) is 0 Å². The van der Waals surface area contributed by atoms with Gasteiger partial charge in [0.15, 0.2) is 5.82 Å². The van der Waals surface area contributed by atoms with Crippen LogP contribution in [0.5, 0.6) is 0 Å². The third kappa shape index (κ3) is 2.96. The molecule has 1 unspecified atom stereocenters. The van der Waals surface area contributed by atoms with Crippen molar-refractivity contribution in [1.29, 1.82) is 0 Å². The largest absolute Gasteiger partial charge is 0.439 e. The summed E-state index contributed by atoms with van der Waals surface area (Å²) in [5, 5.41) is 4.25. The molecule has 5 rings (SSSR count). The zero-order valence-electron chi connectivity index (χ0n) is 16.9. The predicted molar refractivity (Wildman–Crippen MR) is 111 cm³/mol. The monoisotopic (exact) mass is 413 g/mol. The summed E-state index contributed by atoms with van der Waals surface area (Å²) in [4.78, 5) is 29.0. The average molecular weight is 413 g/mol. The third-order valence-corrected chi connectivity index (χ3v) is 6.39. The van der Waals surface area contributed by atoms with Gasteiger partial charge in [-0.15, -0.1) is 0 Å². The van der Waals surface area contributed by atoms with E-state index in [-0.39, 0.29) is 29.3 Å². The van der Waals surface area contributed by atoms with Gasteiger partial charge in [0, 0.05) is 42.2 Å². The number of pyridine rings is 1. The maximum Gasteiger partial charge on any atom is 0.439 e. The van der Waals surface area contributed by atoms with Crippen molar-refractivity contribution in [2.24, 2.45) is 11.7 Å². The summed E-state index contributed by atoms with van der Waals surface area (Å²) in [7, 11) is 0. The SMILES string of the molecule is Cc1c(N2CCC([C@H](C)N)C2)c(F)cc2c(-c3noc(=O)[nH]3)cc(=O)n(C3CC3)c12. The normalized spacial score (nSPS) is 20.3. The number of hydrogen-bond donors (Lipinski definition) is 2. The van der Waals surface area contributed by atoms with Crippen molar-refractivity contribution in [3.05, 3.63) is 44.4 Å². The average Bonchev–Trinajstić information content (AvgIpc) is 3.23. The number of aromatic nitrogens is 3. The molecule has 0 radical (unpaired) electrons. The molecular weight excluding hydrogens is 389 g/mol. The summed E-state index contributed by atoms with van der Waals surface area (Å²) in [6, 6.07) is 2.99. The summed E-state index contributed by atoms with van der Waals surface area (Å²) >= 11 is 0. The van der Waals surface area contributed by atoms with Crippen LogP contribution in [0, 0.1) is 18.7 Å². The molecule has 158 valence electrons. The highest BCUT2D eigenvalue weighted by Gasteiger charge is 2.32. The summed E-state index contributed by atoms with van der Waals surface area (Å²) in [5.74, 6) is -0.665. The first-order chi connectivity index (χ1) is 14.3. The number of nitrogens with zero attached hydrogens (tertiary/aromatic N) is 3. The summed E-state index contributed by atoms with van der Waals surface area (Å²) in [6.07, 6.45) is 2.74. The van der Waals surface area contributed by atoms with E-state index in [1.165, 1.54) is 12.1 Å². The Morgan fingerprint density at radius 2 is 2.07 bits per heavy atom. The van der Waals surface area contributed by atoms with Gasteiger partial charge in [0.1, 0.15) is 5.82 Å². The van der Waals surface area contributed by atoms with E-state index in [0.29, 0.717) is 40.2 Å². The summed E-state index contributed by atoms with van der Waals surface area (Å²) in [6.45, 7) is 5.24.